The molecule has 1 aromatic rings. The van der Waals surface area contributed by atoms with E-state index in [1.54, 1.807) is 0 Å². The molecule has 0 aliphatic heterocycles. The summed E-state index contributed by atoms with van der Waals surface area (Å²) in [5, 5.41) is 3.56. The zero-order valence-electron chi connectivity index (χ0n) is 13.9. The van der Waals surface area contributed by atoms with Crippen LogP contribution in [0.2, 0.25) is 0 Å². The Labute approximate surface area is 128 Å². The molecule has 1 heterocycles. The topological polar surface area (TPSA) is 15.3 Å². The molecule has 1 N–H and O–H groups in total. The standard InChI is InChI=1S/C17H30N2S/c1-8-9-19(13(2)3)12-15-10-16(20-14(15)4)11-18-17(5,6)7/h8,10,13,18H,1,9,11-12H2,2-7H3. The van der Waals surface area contributed by atoms with E-state index in [1.807, 2.05) is 17.4 Å². The average molecular weight is 295 g/mol. The molecule has 0 aliphatic carbocycles. The van der Waals surface area contributed by atoms with Gasteiger partial charge in [-0.15, -0.1) is 17.9 Å². The molecular formula is C17H30N2S. The van der Waals surface area contributed by atoms with Gasteiger partial charge in [0.25, 0.3) is 0 Å². The van der Waals surface area contributed by atoms with Crippen LogP contribution in [0.3, 0.4) is 0 Å². The molecule has 0 radical (unpaired) electrons. The number of hydrogen-bond acceptors (Lipinski definition) is 3. The first-order valence-corrected chi connectivity index (χ1v) is 8.22. The summed E-state index contributed by atoms with van der Waals surface area (Å²) in [7, 11) is 0. The maximum Gasteiger partial charge on any atom is 0.0304 e. The fourth-order valence-electron chi connectivity index (χ4n) is 2.03. The summed E-state index contributed by atoms with van der Waals surface area (Å²) in [6.45, 7) is 20.1. The number of rotatable bonds is 7. The van der Waals surface area contributed by atoms with Gasteiger partial charge in [-0.25, -0.2) is 0 Å². The second kappa shape index (κ2) is 7.39. The van der Waals surface area contributed by atoms with Gasteiger partial charge in [-0.05, 0) is 53.2 Å². The van der Waals surface area contributed by atoms with Gasteiger partial charge in [-0.3, -0.25) is 4.90 Å². The van der Waals surface area contributed by atoms with E-state index in [2.05, 4.69) is 64.4 Å². The summed E-state index contributed by atoms with van der Waals surface area (Å²) >= 11 is 1.91. The van der Waals surface area contributed by atoms with Crippen molar-refractivity contribution in [2.24, 2.45) is 0 Å². The zero-order chi connectivity index (χ0) is 15.3. The summed E-state index contributed by atoms with van der Waals surface area (Å²) < 4.78 is 0. The van der Waals surface area contributed by atoms with Crippen LogP contribution >= 0.6 is 11.3 Å². The van der Waals surface area contributed by atoms with Crippen molar-refractivity contribution in [3.63, 3.8) is 0 Å². The lowest BCUT2D eigenvalue weighted by Crippen LogP contribution is -2.34. The molecule has 3 heteroatoms. The Bertz CT molecular complexity index is 427. The van der Waals surface area contributed by atoms with Crippen molar-refractivity contribution in [2.45, 2.75) is 66.2 Å². The Morgan fingerprint density at radius 3 is 2.55 bits per heavy atom. The molecule has 0 atom stereocenters. The summed E-state index contributed by atoms with van der Waals surface area (Å²) in [5.41, 5.74) is 1.63. The van der Waals surface area contributed by atoms with Crippen LogP contribution in [-0.4, -0.2) is 23.0 Å². The normalized spacial score (nSPS) is 12.4. The quantitative estimate of drug-likeness (QED) is 0.753. The van der Waals surface area contributed by atoms with E-state index in [-0.39, 0.29) is 5.54 Å². The van der Waals surface area contributed by atoms with Gasteiger partial charge in [-0.1, -0.05) is 6.08 Å². The monoisotopic (exact) mass is 294 g/mol. The second-order valence-corrected chi connectivity index (χ2v) is 8.05. The van der Waals surface area contributed by atoms with Gasteiger partial charge >= 0.3 is 0 Å². The molecule has 0 aromatic carbocycles. The molecule has 0 unspecified atom stereocenters. The van der Waals surface area contributed by atoms with E-state index in [1.165, 1.54) is 15.3 Å². The number of thiophene rings is 1. The molecule has 0 saturated heterocycles. The van der Waals surface area contributed by atoms with Crippen molar-refractivity contribution < 1.29 is 0 Å². The third-order valence-electron chi connectivity index (χ3n) is 3.33. The predicted molar refractivity (Wildman–Crippen MR) is 91.4 cm³/mol. The molecule has 114 valence electrons. The number of nitrogens with zero attached hydrogens (tertiary/aromatic N) is 1. The molecule has 0 amide bonds. The Morgan fingerprint density at radius 1 is 1.40 bits per heavy atom. The summed E-state index contributed by atoms with van der Waals surface area (Å²) in [4.78, 5) is 5.31. The maximum absolute atomic E-state index is 3.86. The van der Waals surface area contributed by atoms with Crippen LogP contribution in [0.4, 0.5) is 0 Å². The first kappa shape index (κ1) is 17.4. The van der Waals surface area contributed by atoms with Crippen LogP contribution in [-0.2, 0) is 13.1 Å². The van der Waals surface area contributed by atoms with E-state index in [9.17, 15) is 0 Å². The Hall–Kier alpha value is -0.640. The van der Waals surface area contributed by atoms with Crippen LogP contribution in [0, 0.1) is 6.92 Å². The molecular weight excluding hydrogens is 264 g/mol. The highest BCUT2D eigenvalue weighted by atomic mass is 32.1. The minimum absolute atomic E-state index is 0.171. The molecule has 1 rings (SSSR count). The number of aryl methyl sites for hydroxylation is 1. The smallest absolute Gasteiger partial charge is 0.0304 e. The van der Waals surface area contributed by atoms with Gasteiger partial charge in [0.1, 0.15) is 0 Å². The fraction of sp³-hybridized carbons (Fsp3) is 0.647. The lowest BCUT2D eigenvalue weighted by Gasteiger charge is -2.24. The summed E-state index contributed by atoms with van der Waals surface area (Å²) in [6.07, 6.45) is 1.99. The van der Waals surface area contributed by atoms with Gasteiger partial charge in [0, 0.05) is 41.0 Å². The van der Waals surface area contributed by atoms with Crippen LogP contribution in [0.1, 0.15) is 49.9 Å². The minimum atomic E-state index is 0.171. The van der Waals surface area contributed by atoms with E-state index >= 15 is 0 Å². The van der Waals surface area contributed by atoms with Gasteiger partial charge < -0.3 is 5.32 Å². The second-order valence-electron chi connectivity index (χ2n) is 6.71. The molecule has 0 spiro atoms. The lowest BCUT2D eigenvalue weighted by molar-refractivity contribution is 0.237. The van der Waals surface area contributed by atoms with E-state index in [0.29, 0.717) is 6.04 Å². The molecule has 0 bridgehead atoms. The number of nitrogens with one attached hydrogen (secondary N) is 1. The van der Waals surface area contributed by atoms with Gasteiger partial charge in [0.2, 0.25) is 0 Å². The minimum Gasteiger partial charge on any atom is -0.307 e. The maximum atomic E-state index is 3.86. The van der Waals surface area contributed by atoms with Crippen molar-refractivity contribution in [2.75, 3.05) is 6.54 Å². The first-order chi connectivity index (χ1) is 9.23. The van der Waals surface area contributed by atoms with E-state index < -0.39 is 0 Å². The molecule has 1 aromatic heterocycles. The Balaban J connectivity index is 2.71. The van der Waals surface area contributed by atoms with Crippen LogP contribution in [0.15, 0.2) is 18.7 Å². The SMILES string of the molecule is C=CCN(Cc1cc(CNC(C)(C)C)sc1C)C(C)C. The summed E-state index contributed by atoms with van der Waals surface area (Å²) in [6, 6.07) is 2.90. The van der Waals surface area contributed by atoms with Crippen molar-refractivity contribution in [1.29, 1.82) is 0 Å². The van der Waals surface area contributed by atoms with E-state index in [4.69, 9.17) is 0 Å². The molecule has 0 aliphatic rings. The van der Waals surface area contributed by atoms with Crippen molar-refractivity contribution >= 4 is 11.3 Å². The van der Waals surface area contributed by atoms with Gasteiger partial charge in [0.15, 0.2) is 0 Å². The van der Waals surface area contributed by atoms with Gasteiger partial charge in [-0.2, -0.15) is 0 Å². The Morgan fingerprint density at radius 2 is 2.05 bits per heavy atom. The van der Waals surface area contributed by atoms with Crippen molar-refractivity contribution in [3.05, 3.63) is 34.0 Å². The molecule has 2 nitrogen and oxygen atoms in total. The zero-order valence-corrected chi connectivity index (χ0v) is 14.7. The first-order valence-electron chi connectivity index (χ1n) is 7.41. The highest BCUT2D eigenvalue weighted by molar-refractivity contribution is 7.12. The predicted octanol–water partition coefficient (Wildman–Crippen LogP) is 4.34. The van der Waals surface area contributed by atoms with Crippen molar-refractivity contribution in [3.8, 4) is 0 Å². The van der Waals surface area contributed by atoms with Crippen LogP contribution < -0.4 is 5.32 Å². The van der Waals surface area contributed by atoms with Crippen molar-refractivity contribution in [1.82, 2.24) is 10.2 Å². The van der Waals surface area contributed by atoms with Crippen LogP contribution in [0.25, 0.3) is 0 Å². The van der Waals surface area contributed by atoms with Crippen LogP contribution in [0.5, 0.6) is 0 Å². The Kier molecular flexibility index (Phi) is 6.44. The lowest BCUT2D eigenvalue weighted by atomic mass is 10.1. The van der Waals surface area contributed by atoms with E-state index in [0.717, 1.165) is 19.6 Å². The summed E-state index contributed by atoms with van der Waals surface area (Å²) in [5.74, 6) is 0. The average Bonchev–Trinajstić information content (AvgIpc) is 2.66. The molecule has 20 heavy (non-hydrogen) atoms. The molecule has 0 fully saturated rings. The highest BCUT2D eigenvalue weighted by Gasteiger charge is 2.14. The number of hydrogen-bond donors (Lipinski definition) is 1. The highest BCUT2D eigenvalue weighted by Crippen LogP contribution is 2.24. The van der Waals surface area contributed by atoms with Gasteiger partial charge in [0.05, 0.1) is 0 Å². The fourth-order valence-corrected chi connectivity index (χ4v) is 3.02. The third kappa shape index (κ3) is 5.78. The largest absolute Gasteiger partial charge is 0.307 e. The molecule has 0 saturated carbocycles. The third-order valence-corrected chi connectivity index (χ3v) is 4.42.